The molecule has 2 N–H and O–H groups in total. The Morgan fingerprint density at radius 3 is 2.50 bits per heavy atom. The van der Waals surface area contributed by atoms with Crippen molar-refractivity contribution in [1.82, 2.24) is 20.2 Å². The highest BCUT2D eigenvalue weighted by molar-refractivity contribution is 7.09. The number of nitrogens with one attached hydrogen (secondary N) is 2. The van der Waals surface area contributed by atoms with Crippen molar-refractivity contribution in [2.75, 3.05) is 11.9 Å². The number of urea groups is 1. The van der Waals surface area contributed by atoms with E-state index < -0.39 is 0 Å². The minimum Gasteiger partial charge on any atom is -0.350 e. The SMILES string of the molecule is Cc1cccc(C)c1NC(=O)N(Cc1nc(C(=O)NCCc2ccccn2)cs1)C(C)C. The lowest BCUT2D eigenvalue weighted by atomic mass is 10.1. The molecule has 168 valence electrons. The van der Waals surface area contributed by atoms with E-state index in [1.165, 1.54) is 11.3 Å². The van der Waals surface area contributed by atoms with Gasteiger partial charge < -0.3 is 15.5 Å². The van der Waals surface area contributed by atoms with Crippen LogP contribution in [0.25, 0.3) is 0 Å². The number of aryl methyl sites for hydroxylation is 2. The van der Waals surface area contributed by atoms with Gasteiger partial charge in [-0.3, -0.25) is 9.78 Å². The molecule has 0 radical (unpaired) electrons. The number of hydrogen-bond acceptors (Lipinski definition) is 5. The molecule has 0 aliphatic rings. The maximum atomic E-state index is 13.0. The minimum atomic E-state index is -0.223. The van der Waals surface area contributed by atoms with Crippen LogP contribution in [0.3, 0.4) is 0 Å². The maximum absolute atomic E-state index is 13.0. The fourth-order valence-electron chi connectivity index (χ4n) is 3.25. The van der Waals surface area contributed by atoms with Gasteiger partial charge in [-0.05, 0) is 51.0 Å². The molecule has 0 fully saturated rings. The van der Waals surface area contributed by atoms with Crippen LogP contribution in [0.15, 0.2) is 48.0 Å². The van der Waals surface area contributed by atoms with E-state index >= 15 is 0 Å². The third kappa shape index (κ3) is 6.13. The molecule has 32 heavy (non-hydrogen) atoms. The Morgan fingerprint density at radius 1 is 1.09 bits per heavy atom. The molecule has 0 bridgehead atoms. The largest absolute Gasteiger partial charge is 0.350 e. The smallest absolute Gasteiger partial charge is 0.322 e. The Balaban J connectivity index is 1.60. The average molecular weight is 452 g/mol. The number of carbonyl (C=O) groups excluding carboxylic acids is 2. The van der Waals surface area contributed by atoms with E-state index in [9.17, 15) is 9.59 Å². The van der Waals surface area contributed by atoms with Gasteiger partial charge in [0.2, 0.25) is 0 Å². The molecular weight excluding hydrogens is 422 g/mol. The van der Waals surface area contributed by atoms with Crippen LogP contribution in [0.2, 0.25) is 0 Å². The molecular formula is C24H29N5O2S. The molecule has 3 rings (SSSR count). The first-order valence-electron chi connectivity index (χ1n) is 10.6. The molecule has 0 spiro atoms. The summed E-state index contributed by atoms with van der Waals surface area (Å²) in [5.41, 5.74) is 4.15. The van der Waals surface area contributed by atoms with Gasteiger partial charge in [-0.2, -0.15) is 0 Å². The van der Waals surface area contributed by atoms with E-state index in [0.29, 0.717) is 30.2 Å². The number of hydrogen-bond donors (Lipinski definition) is 2. The Labute approximate surface area is 192 Å². The van der Waals surface area contributed by atoms with Crippen LogP contribution >= 0.6 is 11.3 Å². The Kier molecular flexibility index (Phi) is 7.94. The van der Waals surface area contributed by atoms with Gasteiger partial charge in [0, 0.05) is 42.0 Å². The van der Waals surface area contributed by atoms with Crippen LogP contribution in [-0.4, -0.2) is 39.4 Å². The van der Waals surface area contributed by atoms with Gasteiger partial charge in [0.05, 0.1) is 6.54 Å². The molecule has 0 atom stereocenters. The third-order valence-corrected chi connectivity index (χ3v) is 5.91. The Morgan fingerprint density at radius 2 is 1.84 bits per heavy atom. The van der Waals surface area contributed by atoms with Gasteiger partial charge in [-0.1, -0.05) is 24.3 Å². The molecule has 0 aliphatic heterocycles. The Bertz CT molecular complexity index is 1050. The summed E-state index contributed by atoms with van der Waals surface area (Å²) in [5.74, 6) is -0.223. The number of thiazole rings is 1. The van der Waals surface area contributed by atoms with E-state index in [-0.39, 0.29) is 18.0 Å². The van der Waals surface area contributed by atoms with Crippen molar-refractivity contribution < 1.29 is 9.59 Å². The van der Waals surface area contributed by atoms with Crippen LogP contribution in [0.1, 0.15) is 46.2 Å². The van der Waals surface area contributed by atoms with Gasteiger partial charge in [0.25, 0.3) is 5.91 Å². The first kappa shape index (κ1) is 23.4. The molecule has 0 aliphatic carbocycles. The first-order chi connectivity index (χ1) is 15.3. The number of amides is 3. The van der Waals surface area contributed by atoms with Crippen LogP contribution in [0.5, 0.6) is 0 Å². The highest BCUT2D eigenvalue weighted by Crippen LogP contribution is 2.21. The van der Waals surface area contributed by atoms with Gasteiger partial charge in [-0.25, -0.2) is 9.78 Å². The van der Waals surface area contributed by atoms with Crippen molar-refractivity contribution in [1.29, 1.82) is 0 Å². The lowest BCUT2D eigenvalue weighted by Crippen LogP contribution is -2.39. The molecule has 3 amide bonds. The second-order valence-electron chi connectivity index (χ2n) is 7.87. The fourth-order valence-corrected chi connectivity index (χ4v) is 4.03. The molecule has 1 aromatic carbocycles. The number of pyridine rings is 1. The summed E-state index contributed by atoms with van der Waals surface area (Å²) in [6.45, 7) is 8.69. The predicted octanol–water partition coefficient (Wildman–Crippen LogP) is 4.57. The number of carbonyl (C=O) groups is 2. The van der Waals surface area contributed by atoms with Gasteiger partial charge >= 0.3 is 6.03 Å². The summed E-state index contributed by atoms with van der Waals surface area (Å²) in [6.07, 6.45) is 2.39. The monoisotopic (exact) mass is 451 g/mol. The van der Waals surface area contributed by atoms with Gasteiger partial charge in [0.1, 0.15) is 10.7 Å². The molecule has 0 saturated carbocycles. The van der Waals surface area contributed by atoms with E-state index in [2.05, 4.69) is 20.6 Å². The molecule has 3 aromatic rings. The predicted molar refractivity (Wildman–Crippen MR) is 128 cm³/mol. The van der Waals surface area contributed by atoms with E-state index in [0.717, 1.165) is 22.5 Å². The van der Waals surface area contributed by atoms with Gasteiger partial charge in [0.15, 0.2) is 0 Å². The molecule has 0 saturated heterocycles. The standard InChI is InChI=1S/C24H29N5O2S/c1-16(2)29(24(31)28-22-17(3)8-7-9-18(22)4)14-21-27-20(15-32-21)23(30)26-13-11-19-10-5-6-12-25-19/h5-10,12,15-16H,11,13-14H2,1-4H3,(H,26,30)(H,28,31). The maximum Gasteiger partial charge on any atom is 0.322 e. The van der Waals surface area contributed by atoms with Crippen molar-refractivity contribution in [3.63, 3.8) is 0 Å². The van der Waals surface area contributed by atoms with Crippen LogP contribution in [0, 0.1) is 13.8 Å². The van der Waals surface area contributed by atoms with E-state index in [4.69, 9.17) is 0 Å². The third-order valence-electron chi connectivity index (χ3n) is 5.08. The fraction of sp³-hybridized carbons (Fsp3) is 0.333. The topological polar surface area (TPSA) is 87.2 Å². The number of anilines is 1. The normalized spacial score (nSPS) is 10.8. The number of benzene rings is 1. The lowest BCUT2D eigenvalue weighted by Gasteiger charge is -2.27. The summed E-state index contributed by atoms with van der Waals surface area (Å²) in [6, 6.07) is 11.4. The lowest BCUT2D eigenvalue weighted by molar-refractivity contribution is 0.0949. The number of para-hydroxylation sites is 1. The van der Waals surface area contributed by atoms with Gasteiger partial charge in [-0.15, -0.1) is 11.3 Å². The molecule has 2 aromatic heterocycles. The minimum absolute atomic E-state index is 0.0288. The van der Waals surface area contributed by atoms with Crippen molar-refractivity contribution in [2.45, 2.75) is 46.7 Å². The van der Waals surface area contributed by atoms with Crippen molar-refractivity contribution in [3.8, 4) is 0 Å². The zero-order valence-corrected chi connectivity index (χ0v) is 19.7. The second kappa shape index (κ2) is 10.9. The molecule has 2 heterocycles. The van der Waals surface area contributed by atoms with E-state index in [1.807, 2.05) is 64.1 Å². The van der Waals surface area contributed by atoms with Crippen LogP contribution < -0.4 is 10.6 Å². The first-order valence-corrected chi connectivity index (χ1v) is 11.5. The second-order valence-corrected chi connectivity index (χ2v) is 8.81. The number of nitrogens with zero attached hydrogens (tertiary/aromatic N) is 3. The summed E-state index contributed by atoms with van der Waals surface area (Å²) >= 11 is 1.38. The average Bonchev–Trinajstić information content (AvgIpc) is 3.24. The summed E-state index contributed by atoms with van der Waals surface area (Å²) in [7, 11) is 0. The Hall–Kier alpha value is -3.26. The zero-order valence-electron chi connectivity index (χ0n) is 18.9. The van der Waals surface area contributed by atoms with Crippen molar-refractivity contribution in [2.24, 2.45) is 0 Å². The molecule has 0 unspecified atom stereocenters. The van der Waals surface area contributed by atoms with E-state index in [1.54, 1.807) is 16.5 Å². The van der Waals surface area contributed by atoms with Crippen LogP contribution in [-0.2, 0) is 13.0 Å². The van der Waals surface area contributed by atoms with Crippen molar-refractivity contribution in [3.05, 3.63) is 75.5 Å². The molecule has 7 nitrogen and oxygen atoms in total. The zero-order chi connectivity index (χ0) is 23.1. The highest BCUT2D eigenvalue weighted by Gasteiger charge is 2.21. The van der Waals surface area contributed by atoms with Crippen molar-refractivity contribution >= 4 is 29.0 Å². The number of aromatic nitrogens is 2. The summed E-state index contributed by atoms with van der Waals surface area (Å²) in [4.78, 5) is 35.8. The molecule has 8 heteroatoms. The number of rotatable bonds is 8. The summed E-state index contributed by atoms with van der Waals surface area (Å²) < 4.78 is 0. The van der Waals surface area contributed by atoms with Crippen LogP contribution in [0.4, 0.5) is 10.5 Å². The quantitative estimate of drug-likeness (QED) is 0.525. The summed E-state index contributed by atoms with van der Waals surface area (Å²) in [5, 5.41) is 8.35. The highest BCUT2D eigenvalue weighted by atomic mass is 32.1.